The van der Waals surface area contributed by atoms with Crippen molar-refractivity contribution in [3.05, 3.63) is 129 Å². The molecule has 7 nitrogen and oxygen atoms in total. The highest BCUT2D eigenvalue weighted by Gasteiger charge is 2.35. The molecule has 0 aliphatic carbocycles. The highest BCUT2D eigenvalue weighted by Crippen LogP contribution is 2.30. The fraction of sp³-hybridized carbons (Fsp3) is 0.257. The smallest absolute Gasteiger partial charge is 0.264 e. The molecule has 45 heavy (non-hydrogen) atoms. The van der Waals surface area contributed by atoms with Gasteiger partial charge in [-0.1, -0.05) is 95.5 Å². The van der Waals surface area contributed by atoms with Gasteiger partial charge in [-0.2, -0.15) is 0 Å². The van der Waals surface area contributed by atoms with Gasteiger partial charge in [0.1, 0.15) is 12.6 Å². The van der Waals surface area contributed by atoms with Crippen molar-refractivity contribution in [2.45, 2.75) is 57.6 Å². The van der Waals surface area contributed by atoms with Crippen LogP contribution < -0.4 is 9.62 Å². The van der Waals surface area contributed by atoms with Gasteiger partial charge in [0.15, 0.2) is 0 Å². The van der Waals surface area contributed by atoms with Crippen molar-refractivity contribution in [1.29, 1.82) is 0 Å². The summed E-state index contributed by atoms with van der Waals surface area (Å²) in [5, 5.41) is 3.69. The molecular weight excluding hydrogens is 629 g/mol. The molecule has 0 heterocycles. The molecule has 0 fully saturated rings. The second-order valence-electron chi connectivity index (χ2n) is 11.2. The largest absolute Gasteiger partial charge is 0.352 e. The molecule has 0 saturated carbocycles. The van der Waals surface area contributed by atoms with E-state index in [0.29, 0.717) is 21.2 Å². The Morgan fingerprint density at radius 1 is 0.844 bits per heavy atom. The maximum atomic E-state index is 14.6. The molecule has 4 aromatic rings. The molecule has 10 heteroatoms. The monoisotopic (exact) mass is 665 g/mol. The van der Waals surface area contributed by atoms with Crippen molar-refractivity contribution in [3.8, 4) is 0 Å². The van der Waals surface area contributed by atoms with Gasteiger partial charge >= 0.3 is 0 Å². The predicted molar refractivity (Wildman–Crippen MR) is 181 cm³/mol. The lowest BCUT2D eigenvalue weighted by atomic mass is 10.0. The first kappa shape index (κ1) is 34.0. The molecule has 1 N–H and O–H groups in total. The SMILES string of the molecule is Cc1ccc(S(=O)(=O)N(CC(=O)N(Cc2ccccc2Cl)C(Cc2ccccc2)C(=O)NC(C)C)c2cc(Cl)ccc2C)cc1. The Balaban J connectivity index is 1.84. The number of nitrogens with zero attached hydrogens (tertiary/aromatic N) is 2. The second kappa shape index (κ2) is 15.0. The molecule has 1 atom stereocenters. The number of hydrogen-bond donors (Lipinski definition) is 1. The minimum absolute atomic E-state index is 0.0194. The van der Waals surface area contributed by atoms with E-state index in [2.05, 4.69) is 5.32 Å². The lowest BCUT2D eigenvalue weighted by molar-refractivity contribution is -0.140. The summed E-state index contributed by atoms with van der Waals surface area (Å²) in [5.41, 5.74) is 3.23. The van der Waals surface area contributed by atoms with Crippen molar-refractivity contribution >= 4 is 50.7 Å². The normalized spacial score (nSPS) is 12.1. The first-order valence-electron chi connectivity index (χ1n) is 14.6. The fourth-order valence-electron chi connectivity index (χ4n) is 4.95. The molecule has 0 bridgehead atoms. The third-order valence-corrected chi connectivity index (χ3v) is 9.71. The zero-order valence-electron chi connectivity index (χ0n) is 25.7. The van der Waals surface area contributed by atoms with Gasteiger partial charge in [-0.15, -0.1) is 0 Å². The summed E-state index contributed by atoms with van der Waals surface area (Å²) in [5.74, 6) is -0.939. The third-order valence-electron chi connectivity index (χ3n) is 7.33. The van der Waals surface area contributed by atoms with Crippen molar-refractivity contribution in [2.75, 3.05) is 10.8 Å². The van der Waals surface area contributed by atoms with Crippen molar-refractivity contribution in [2.24, 2.45) is 0 Å². The van der Waals surface area contributed by atoms with E-state index in [-0.39, 0.29) is 35.5 Å². The number of anilines is 1. The Morgan fingerprint density at radius 2 is 1.49 bits per heavy atom. The van der Waals surface area contributed by atoms with Crippen LogP contribution in [0.4, 0.5) is 5.69 Å². The number of rotatable bonds is 12. The average molecular weight is 667 g/mol. The van der Waals surface area contributed by atoms with Crippen LogP contribution in [-0.2, 0) is 32.6 Å². The molecule has 0 aromatic heterocycles. The molecule has 236 valence electrons. The molecule has 4 rings (SSSR count). The van der Waals surface area contributed by atoms with E-state index in [9.17, 15) is 18.0 Å². The first-order chi connectivity index (χ1) is 21.4. The van der Waals surface area contributed by atoms with E-state index < -0.39 is 28.5 Å². The summed E-state index contributed by atoms with van der Waals surface area (Å²) < 4.78 is 29.5. The molecular formula is C35H37Cl2N3O4S. The highest BCUT2D eigenvalue weighted by atomic mass is 35.5. The van der Waals surface area contributed by atoms with E-state index in [4.69, 9.17) is 23.2 Å². The summed E-state index contributed by atoms with van der Waals surface area (Å²) in [7, 11) is -4.24. The van der Waals surface area contributed by atoms with Gasteiger partial charge in [0, 0.05) is 29.1 Å². The average Bonchev–Trinajstić information content (AvgIpc) is 3.00. The van der Waals surface area contributed by atoms with Crippen LogP contribution in [0.1, 0.15) is 36.1 Å². The first-order valence-corrected chi connectivity index (χ1v) is 16.8. The molecule has 0 aliphatic heterocycles. The van der Waals surface area contributed by atoms with Gasteiger partial charge in [0.25, 0.3) is 10.0 Å². The third kappa shape index (κ3) is 8.66. The lowest BCUT2D eigenvalue weighted by Gasteiger charge is -2.34. The van der Waals surface area contributed by atoms with Gasteiger partial charge in [-0.05, 0) is 74.7 Å². The van der Waals surface area contributed by atoms with Crippen LogP contribution in [0.2, 0.25) is 10.0 Å². The Labute approximate surface area is 275 Å². The quantitative estimate of drug-likeness (QED) is 0.177. The number of hydrogen-bond acceptors (Lipinski definition) is 4. The predicted octanol–water partition coefficient (Wildman–Crippen LogP) is 6.97. The van der Waals surface area contributed by atoms with Crippen LogP contribution in [0.3, 0.4) is 0 Å². The summed E-state index contributed by atoms with van der Waals surface area (Å²) in [6, 6.07) is 26.6. The van der Waals surface area contributed by atoms with Crippen LogP contribution in [0, 0.1) is 13.8 Å². The maximum Gasteiger partial charge on any atom is 0.264 e. The van der Waals surface area contributed by atoms with E-state index in [0.717, 1.165) is 15.4 Å². The molecule has 0 aliphatic rings. The Hall–Kier alpha value is -3.85. The van der Waals surface area contributed by atoms with Crippen LogP contribution in [0.25, 0.3) is 0 Å². The number of sulfonamides is 1. The number of amides is 2. The highest BCUT2D eigenvalue weighted by molar-refractivity contribution is 7.92. The fourth-order valence-corrected chi connectivity index (χ4v) is 6.78. The Morgan fingerprint density at radius 3 is 2.13 bits per heavy atom. The van der Waals surface area contributed by atoms with Gasteiger partial charge in [-0.3, -0.25) is 13.9 Å². The number of aryl methyl sites for hydroxylation is 2. The van der Waals surface area contributed by atoms with Crippen molar-refractivity contribution in [3.63, 3.8) is 0 Å². The van der Waals surface area contributed by atoms with Crippen LogP contribution in [-0.4, -0.2) is 43.8 Å². The zero-order valence-corrected chi connectivity index (χ0v) is 28.0. The Bertz CT molecular complexity index is 1750. The van der Waals surface area contributed by atoms with E-state index in [1.807, 2.05) is 51.1 Å². The van der Waals surface area contributed by atoms with E-state index in [1.54, 1.807) is 55.5 Å². The second-order valence-corrected chi connectivity index (χ2v) is 13.9. The summed E-state index contributed by atoms with van der Waals surface area (Å²) in [6.07, 6.45) is 0.205. The summed E-state index contributed by atoms with van der Waals surface area (Å²) in [6.45, 7) is 6.70. The van der Waals surface area contributed by atoms with Crippen molar-refractivity contribution in [1.82, 2.24) is 10.2 Å². The van der Waals surface area contributed by atoms with Gasteiger partial charge in [0.05, 0.1) is 10.6 Å². The zero-order chi connectivity index (χ0) is 32.7. The van der Waals surface area contributed by atoms with Crippen molar-refractivity contribution < 1.29 is 18.0 Å². The number of halogens is 2. The minimum atomic E-state index is -4.24. The van der Waals surface area contributed by atoms with Crippen LogP contribution in [0.5, 0.6) is 0 Å². The number of benzene rings is 4. The van der Waals surface area contributed by atoms with Gasteiger partial charge < -0.3 is 10.2 Å². The topological polar surface area (TPSA) is 86.8 Å². The molecule has 0 spiro atoms. The summed E-state index contributed by atoms with van der Waals surface area (Å²) in [4.78, 5) is 29.8. The van der Waals surface area contributed by atoms with Crippen LogP contribution in [0.15, 0.2) is 102 Å². The molecule has 0 radical (unpaired) electrons. The molecule has 0 saturated heterocycles. The number of nitrogens with one attached hydrogen (secondary N) is 1. The maximum absolute atomic E-state index is 14.6. The molecule has 4 aromatic carbocycles. The standard InChI is InChI=1S/C35H37Cl2N3O4S/c1-24(2)38-35(42)33(20-27-10-6-5-7-11-27)39(22-28-12-8-9-13-31(28)37)34(41)23-40(32-21-29(36)17-16-26(32)4)45(43,44)30-18-14-25(3)15-19-30/h5-19,21,24,33H,20,22-23H2,1-4H3,(H,38,42). The number of carbonyl (C=O) groups is 2. The van der Waals surface area contributed by atoms with Gasteiger partial charge in [0.2, 0.25) is 11.8 Å². The number of carbonyl (C=O) groups excluding carboxylic acids is 2. The van der Waals surface area contributed by atoms with Gasteiger partial charge in [-0.25, -0.2) is 8.42 Å². The van der Waals surface area contributed by atoms with E-state index in [1.165, 1.54) is 23.1 Å². The van der Waals surface area contributed by atoms with Crippen LogP contribution >= 0.6 is 23.2 Å². The Kier molecular flexibility index (Phi) is 11.3. The molecule has 1 unspecified atom stereocenters. The minimum Gasteiger partial charge on any atom is -0.352 e. The lowest BCUT2D eigenvalue weighted by Crippen LogP contribution is -2.54. The van der Waals surface area contributed by atoms with E-state index >= 15 is 0 Å². The summed E-state index contributed by atoms with van der Waals surface area (Å²) >= 11 is 12.9. The molecule has 2 amide bonds.